The molecular weight excluding hydrogens is 703 g/mol. The second kappa shape index (κ2) is 12.2. The van der Waals surface area contributed by atoms with E-state index in [0.29, 0.717) is 17.5 Å². The minimum atomic E-state index is 0.599. The number of aromatic nitrogens is 3. The molecule has 0 atom stereocenters. The summed E-state index contributed by atoms with van der Waals surface area (Å²) in [4.78, 5) is 15.6. The molecule has 3 aromatic heterocycles. The maximum Gasteiger partial charge on any atom is 0.164 e. The van der Waals surface area contributed by atoms with Gasteiger partial charge in [-0.25, -0.2) is 15.0 Å². The molecule has 0 bridgehead atoms. The molecule has 0 aliphatic carbocycles. The van der Waals surface area contributed by atoms with Crippen LogP contribution in [0.1, 0.15) is 0 Å². The molecule has 12 aromatic rings. The molecular formula is C51H29N3OS. The molecule has 260 valence electrons. The molecule has 0 spiro atoms. The van der Waals surface area contributed by atoms with Crippen LogP contribution in [0, 0.1) is 0 Å². The molecule has 0 saturated heterocycles. The van der Waals surface area contributed by atoms with E-state index in [-0.39, 0.29) is 0 Å². The van der Waals surface area contributed by atoms with Crippen molar-refractivity contribution in [1.82, 2.24) is 15.0 Å². The predicted octanol–water partition coefficient (Wildman–Crippen LogP) is 14.3. The largest absolute Gasteiger partial charge is 0.456 e. The number of rotatable bonds is 4. The normalized spacial score (nSPS) is 11.9. The van der Waals surface area contributed by atoms with E-state index in [9.17, 15) is 0 Å². The summed E-state index contributed by atoms with van der Waals surface area (Å²) in [7, 11) is 0. The highest BCUT2D eigenvalue weighted by atomic mass is 32.1. The first-order valence-corrected chi connectivity index (χ1v) is 19.6. The van der Waals surface area contributed by atoms with Crippen LogP contribution in [-0.2, 0) is 0 Å². The number of fused-ring (bicyclic) bond motifs is 11. The van der Waals surface area contributed by atoms with Gasteiger partial charge in [-0.1, -0.05) is 158 Å². The highest BCUT2D eigenvalue weighted by Crippen LogP contribution is 2.47. The van der Waals surface area contributed by atoms with Gasteiger partial charge in [-0.15, -0.1) is 11.3 Å². The molecule has 0 fully saturated rings. The SMILES string of the molecule is c1ccc(-c2nc(-c3ccc4ccc5ccccc5c4c3)nc(-c3cccc4oc5cccc(-c6cccc7c6sc6c8ccccc8ccc76)c5c34)n2)cc1. The van der Waals surface area contributed by atoms with E-state index < -0.39 is 0 Å². The van der Waals surface area contributed by atoms with Crippen LogP contribution in [0.25, 0.3) is 120 Å². The third-order valence-electron chi connectivity index (χ3n) is 11.1. The Balaban J connectivity index is 1.11. The molecule has 0 amide bonds. The van der Waals surface area contributed by atoms with E-state index in [0.717, 1.165) is 44.2 Å². The highest BCUT2D eigenvalue weighted by Gasteiger charge is 2.22. The van der Waals surface area contributed by atoms with Gasteiger partial charge < -0.3 is 4.42 Å². The molecule has 0 aliphatic heterocycles. The minimum absolute atomic E-state index is 0.599. The van der Waals surface area contributed by atoms with Crippen LogP contribution >= 0.6 is 11.3 Å². The van der Waals surface area contributed by atoms with Crippen LogP contribution in [0.5, 0.6) is 0 Å². The molecule has 5 heteroatoms. The van der Waals surface area contributed by atoms with Gasteiger partial charge in [-0.05, 0) is 56.1 Å². The average Bonchev–Trinajstić information content (AvgIpc) is 3.86. The average molecular weight is 732 g/mol. The minimum Gasteiger partial charge on any atom is -0.456 e. The summed E-state index contributed by atoms with van der Waals surface area (Å²) in [6, 6.07) is 61.9. The topological polar surface area (TPSA) is 51.8 Å². The summed E-state index contributed by atoms with van der Waals surface area (Å²) < 4.78 is 9.23. The van der Waals surface area contributed by atoms with Gasteiger partial charge >= 0.3 is 0 Å². The monoisotopic (exact) mass is 731 g/mol. The van der Waals surface area contributed by atoms with E-state index in [1.165, 1.54) is 58.1 Å². The zero-order valence-corrected chi connectivity index (χ0v) is 30.7. The standard InChI is InChI=1S/C51H29N3OS/c1-2-13-33(14-3-1)49-52-50(34-26-25-32-24-23-30-11-4-6-15-35(30)42(32)29-34)54-51(53-49)41-20-10-22-44-46(41)45-37(17-9-21-43(45)55-44)38-18-8-19-39-40-28-27-31-12-5-7-16-36(31)47(40)56-48(38)39/h1-29H. The Morgan fingerprint density at radius 3 is 1.71 bits per heavy atom. The molecule has 0 N–H and O–H groups in total. The fourth-order valence-corrected chi connectivity index (χ4v) is 9.86. The molecule has 0 unspecified atom stereocenters. The number of hydrogen-bond donors (Lipinski definition) is 0. The first-order valence-electron chi connectivity index (χ1n) is 18.8. The van der Waals surface area contributed by atoms with Crippen molar-refractivity contribution in [3.63, 3.8) is 0 Å². The summed E-state index contributed by atoms with van der Waals surface area (Å²) >= 11 is 1.87. The fraction of sp³-hybridized carbons (Fsp3) is 0. The lowest BCUT2D eigenvalue weighted by Crippen LogP contribution is -2.00. The Labute approximate surface area is 325 Å². The first kappa shape index (κ1) is 31.2. The van der Waals surface area contributed by atoms with Crippen LogP contribution < -0.4 is 0 Å². The Bertz CT molecular complexity index is 3550. The summed E-state index contributed by atoms with van der Waals surface area (Å²) in [5, 5.41) is 11.9. The fourth-order valence-electron chi connectivity index (χ4n) is 8.50. The molecule has 0 radical (unpaired) electrons. The van der Waals surface area contributed by atoms with Crippen molar-refractivity contribution in [2.24, 2.45) is 0 Å². The number of hydrogen-bond acceptors (Lipinski definition) is 5. The molecule has 9 aromatic carbocycles. The Kier molecular flexibility index (Phi) is 6.76. The van der Waals surface area contributed by atoms with Crippen molar-refractivity contribution in [3.05, 3.63) is 176 Å². The van der Waals surface area contributed by atoms with Gasteiger partial charge in [0.05, 0.1) is 0 Å². The Morgan fingerprint density at radius 1 is 0.339 bits per heavy atom. The zero-order valence-electron chi connectivity index (χ0n) is 29.9. The molecule has 3 heterocycles. The lowest BCUT2D eigenvalue weighted by molar-refractivity contribution is 0.669. The molecule has 0 aliphatic rings. The van der Waals surface area contributed by atoms with Crippen molar-refractivity contribution in [1.29, 1.82) is 0 Å². The maximum atomic E-state index is 6.66. The predicted molar refractivity (Wildman–Crippen MR) is 234 cm³/mol. The van der Waals surface area contributed by atoms with E-state index in [4.69, 9.17) is 19.4 Å². The van der Waals surface area contributed by atoms with Crippen molar-refractivity contribution >= 4 is 85.8 Å². The second-order valence-corrected chi connectivity index (χ2v) is 15.3. The lowest BCUT2D eigenvalue weighted by atomic mass is 9.95. The Morgan fingerprint density at radius 2 is 0.893 bits per heavy atom. The first-order chi connectivity index (χ1) is 27.7. The van der Waals surface area contributed by atoms with Crippen LogP contribution in [0.2, 0.25) is 0 Å². The van der Waals surface area contributed by atoms with Crippen LogP contribution in [0.15, 0.2) is 180 Å². The number of furan rings is 1. The van der Waals surface area contributed by atoms with Gasteiger partial charge in [-0.2, -0.15) is 0 Å². The zero-order chi connectivity index (χ0) is 36.7. The summed E-state index contributed by atoms with van der Waals surface area (Å²) in [6.45, 7) is 0. The van der Waals surface area contributed by atoms with Crippen molar-refractivity contribution in [2.45, 2.75) is 0 Å². The quantitative estimate of drug-likeness (QED) is 0.169. The van der Waals surface area contributed by atoms with E-state index in [1.54, 1.807) is 0 Å². The number of benzene rings is 9. The van der Waals surface area contributed by atoms with Gasteiger partial charge in [0.15, 0.2) is 17.5 Å². The summed E-state index contributed by atoms with van der Waals surface area (Å²) in [6.07, 6.45) is 0. The molecule has 4 nitrogen and oxygen atoms in total. The smallest absolute Gasteiger partial charge is 0.164 e. The highest BCUT2D eigenvalue weighted by molar-refractivity contribution is 7.27. The third-order valence-corrected chi connectivity index (χ3v) is 12.4. The van der Waals surface area contributed by atoms with Crippen LogP contribution in [0.4, 0.5) is 0 Å². The molecule has 56 heavy (non-hydrogen) atoms. The second-order valence-electron chi connectivity index (χ2n) is 14.3. The van der Waals surface area contributed by atoms with Gasteiger partial charge in [0.2, 0.25) is 0 Å². The van der Waals surface area contributed by atoms with E-state index in [1.807, 2.05) is 41.7 Å². The van der Waals surface area contributed by atoms with Gasteiger partial charge in [0.25, 0.3) is 0 Å². The van der Waals surface area contributed by atoms with Gasteiger partial charge in [-0.3, -0.25) is 0 Å². The third kappa shape index (κ3) is 4.75. The van der Waals surface area contributed by atoms with Crippen LogP contribution in [0.3, 0.4) is 0 Å². The number of thiophene rings is 1. The molecule has 12 rings (SSSR count). The maximum absolute atomic E-state index is 6.66. The number of nitrogens with zero attached hydrogens (tertiary/aromatic N) is 3. The van der Waals surface area contributed by atoms with Crippen LogP contribution in [-0.4, -0.2) is 15.0 Å². The lowest BCUT2D eigenvalue weighted by Gasteiger charge is -2.11. The van der Waals surface area contributed by atoms with Gasteiger partial charge in [0, 0.05) is 53.2 Å². The van der Waals surface area contributed by atoms with E-state index in [2.05, 4.69) is 146 Å². The van der Waals surface area contributed by atoms with Gasteiger partial charge in [0.1, 0.15) is 11.2 Å². The van der Waals surface area contributed by atoms with Crippen molar-refractivity contribution < 1.29 is 4.42 Å². The molecule has 0 saturated carbocycles. The van der Waals surface area contributed by atoms with Crippen molar-refractivity contribution in [2.75, 3.05) is 0 Å². The van der Waals surface area contributed by atoms with E-state index >= 15 is 0 Å². The Hall–Kier alpha value is -7.21. The van der Waals surface area contributed by atoms with Crippen molar-refractivity contribution in [3.8, 4) is 45.3 Å². The summed E-state index contributed by atoms with van der Waals surface area (Å²) in [5.74, 6) is 1.84. The summed E-state index contributed by atoms with van der Waals surface area (Å²) in [5.41, 5.74) is 6.68.